The number of nitrogens with zero attached hydrogens (tertiary/aromatic N) is 5. The molecule has 0 saturated heterocycles. The molecule has 1 saturated carbocycles. The van der Waals surface area contributed by atoms with Gasteiger partial charge in [0.2, 0.25) is 11.8 Å². The number of ether oxygens (including phenoxy) is 1. The molecule has 2 aromatic heterocycles. The number of hydrogen-bond acceptors (Lipinski definition) is 7. The van der Waals surface area contributed by atoms with Gasteiger partial charge in [-0.1, -0.05) is 6.07 Å². The zero-order chi connectivity index (χ0) is 18.1. The Hall–Kier alpha value is -3.24. The fourth-order valence-corrected chi connectivity index (χ4v) is 2.65. The minimum Gasteiger partial charge on any atom is -0.435 e. The van der Waals surface area contributed by atoms with Crippen LogP contribution in [0.4, 0.5) is 19.1 Å². The normalized spacial score (nSPS) is 15.1. The molecule has 0 spiro atoms. The summed E-state index contributed by atoms with van der Waals surface area (Å²) in [7, 11) is 0. The Morgan fingerprint density at radius 1 is 1.19 bits per heavy atom. The lowest BCUT2D eigenvalue weighted by molar-refractivity contribution is -0.0500. The van der Waals surface area contributed by atoms with Crippen LogP contribution in [0, 0.1) is 5.82 Å². The summed E-state index contributed by atoms with van der Waals surface area (Å²) in [6.45, 7) is -3.00. The summed E-state index contributed by atoms with van der Waals surface area (Å²) in [5, 5.41) is 16.6. The Balaban J connectivity index is 1.53. The van der Waals surface area contributed by atoms with Gasteiger partial charge in [0, 0.05) is 24.0 Å². The number of nitrogens with one attached hydrogen (secondary N) is 2. The SMILES string of the molecule is Fc1cc(OC(F)F)ccc1C1(Nc2ncc(-c3nn[nH]n3)cn2)CC1. The van der Waals surface area contributed by atoms with Gasteiger partial charge < -0.3 is 10.1 Å². The number of benzene rings is 1. The lowest BCUT2D eigenvalue weighted by atomic mass is 10.0. The van der Waals surface area contributed by atoms with E-state index in [1.165, 1.54) is 24.5 Å². The molecular weight excluding hydrogens is 351 g/mol. The highest BCUT2D eigenvalue weighted by molar-refractivity contribution is 5.52. The van der Waals surface area contributed by atoms with E-state index >= 15 is 0 Å². The molecule has 1 aliphatic carbocycles. The van der Waals surface area contributed by atoms with Crippen molar-refractivity contribution in [2.24, 2.45) is 0 Å². The van der Waals surface area contributed by atoms with E-state index in [2.05, 4.69) is 40.6 Å². The Labute approximate surface area is 144 Å². The minimum absolute atomic E-state index is 0.224. The summed E-state index contributed by atoms with van der Waals surface area (Å²) in [4.78, 5) is 8.36. The van der Waals surface area contributed by atoms with Crippen molar-refractivity contribution in [1.29, 1.82) is 0 Å². The zero-order valence-corrected chi connectivity index (χ0v) is 13.2. The first-order valence-corrected chi connectivity index (χ1v) is 7.65. The van der Waals surface area contributed by atoms with Crippen molar-refractivity contribution in [2.45, 2.75) is 25.0 Å². The van der Waals surface area contributed by atoms with Gasteiger partial charge in [-0.2, -0.15) is 14.0 Å². The van der Waals surface area contributed by atoms with Crippen LogP contribution in [0.5, 0.6) is 5.75 Å². The predicted molar refractivity (Wildman–Crippen MR) is 82.8 cm³/mol. The summed E-state index contributed by atoms with van der Waals surface area (Å²) in [5.41, 5.74) is 0.264. The van der Waals surface area contributed by atoms with Crippen LogP contribution in [-0.4, -0.2) is 37.2 Å². The molecule has 0 unspecified atom stereocenters. The van der Waals surface area contributed by atoms with Crippen LogP contribution in [0.2, 0.25) is 0 Å². The quantitative estimate of drug-likeness (QED) is 0.694. The van der Waals surface area contributed by atoms with E-state index in [1.807, 2.05) is 0 Å². The number of H-pyrrole nitrogens is 1. The lowest BCUT2D eigenvalue weighted by Gasteiger charge is -2.19. The first-order valence-electron chi connectivity index (χ1n) is 7.65. The second kappa shape index (κ2) is 6.24. The Kier molecular flexibility index (Phi) is 3.90. The number of aromatic amines is 1. The second-order valence-electron chi connectivity index (χ2n) is 5.76. The lowest BCUT2D eigenvalue weighted by Crippen LogP contribution is -2.22. The molecular formula is C15H12F3N7O. The molecule has 2 N–H and O–H groups in total. The fourth-order valence-electron chi connectivity index (χ4n) is 2.65. The first kappa shape index (κ1) is 16.2. The van der Waals surface area contributed by atoms with E-state index in [0.717, 1.165) is 6.07 Å². The van der Waals surface area contributed by atoms with Crippen LogP contribution in [-0.2, 0) is 5.54 Å². The molecule has 1 fully saturated rings. The molecule has 26 heavy (non-hydrogen) atoms. The minimum atomic E-state index is -3.00. The van der Waals surface area contributed by atoms with Gasteiger partial charge in [0.25, 0.3) is 0 Å². The third-order valence-corrected chi connectivity index (χ3v) is 4.04. The molecule has 0 atom stereocenters. The number of alkyl halides is 2. The third kappa shape index (κ3) is 3.15. The van der Waals surface area contributed by atoms with E-state index < -0.39 is 18.0 Å². The average molecular weight is 363 g/mol. The molecule has 4 rings (SSSR count). The average Bonchev–Trinajstić information content (AvgIpc) is 3.17. The highest BCUT2D eigenvalue weighted by atomic mass is 19.3. The standard InChI is InChI=1S/C15H12F3N7O/c16-11-5-9(26-13(17)18)1-2-10(11)15(3-4-15)21-14-19-6-8(7-20-14)12-22-24-25-23-12/h1-2,5-7,13H,3-4H2,(H,19,20,21)(H,22,23,24,25). The van der Waals surface area contributed by atoms with Crippen molar-refractivity contribution in [3.05, 3.63) is 42.0 Å². The Bertz CT molecular complexity index is 898. The number of anilines is 1. The molecule has 3 aromatic rings. The maximum Gasteiger partial charge on any atom is 0.387 e. The predicted octanol–water partition coefficient (Wildman–Crippen LogP) is 2.50. The maximum atomic E-state index is 14.4. The van der Waals surface area contributed by atoms with Crippen molar-refractivity contribution in [3.63, 3.8) is 0 Å². The molecule has 134 valence electrons. The summed E-state index contributed by atoms with van der Waals surface area (Å²) in [6.07, 6.45) is 4.36. The van der Waals surface area contributed by atoms with Gasteiger partial charge in [0.15, 0.2) is 0 Å². The van der Waals surface area contributed by atoms with Gasteiger partial charge in [-0.25, -0.2) is 14.4 Å². The molecule has 0 aliphatic heterocycles. The number of tetrazole rings is 1. The van der Waals surface area contributed by atoms with Crippen LogP contribution >= 0.6 is 0 Å². The van der Waals surface area contributed by atoms with Crippen LogP contribution in [0.3, 0.4) is 0 Å². The zero-order valence-electron chi connectivity index (χ0n) is 13.2. The number of hydrogen-bond donors (Lipinski definition) is 2. The van der Waals surface area contributed by atoms with E-state index in [1.54, 1.807) is 0 Å². The summed E-state index contributed by atoms with van der Waals surface area (Å²) < 4.78 is 43.0. The molecule has 1 aliphatic rings. The molecule has 0 radical (unpaired) electrons. The molecule has 0 bridgehead atoms. The molecule has 11 heteroatoms. The van der Waals surface area contributed by atoms with E-state index in [0.29, 0.717) is 35.7 Å². The van der Waals surface area contributed by atoms with Crippen LogP contribution in [0.1, 0.15) is 18.4 Å². The fraction of sp³-hybridized carbons (Fsp3) is 0.267. The monoisotopic (exact) mass is 363 g/mol. The summed E-state index contributed by atoms with van der Waals surface area (Å²) >= 11 is 0. The third-order valence-electron chi connectivity index (χ3n) is 4.04. The largest absolute Gasteiger partial charge is 0.435 e. The molecule has 1 aromatic carbocycles. The highest BCUT2D eigenvalue weighted by Gasteiger charge is 2.47. The van der Waals surface area contributed by atoms with Gasteiger partial charge in [-0.15, -0.1) is 10.2 Å². The van der Waals surface area contributed by atoms with Gasteiger partial charge in [0.1, 0.15) is 11.6 Å². The van der Waals surface area contributed by atoms with Crippen molar-refractivity contribution < 1.29 is 17.9 Å². The van der Waals surface area contributed by atoms with E-state index in [4.69, 9.17) is 0 Å². The molecule has 2 heterocycles. The summed E-state index contributed by atoms with van der Waals surface area (Å²) in [6, 6.07) is 3.69. The van der Waals surface area contributed by atoms with Crippen LogP contribution in [0.15, 0.2) is 30.6 Å². The van der Waals surface area contributed by atoms with Crippen LogP contribution in [0.25, 0.3) is 11.4 Å². The highest BCUT2D eigenvalue weighted by Crippen LogP contribution is 2.49. The second-order valence-corrected chi connectivity index (χ2v) is 5.76. The van der Waals surface area contributed by atoms with Crippen molar-refractivity contribution in [1.82, 2.24) is 30.6 Å². The van der Waals surface area contributed by atoms with Gasteiger partial charge in [-0.05, 0) is 24.1 Å². The van der Waals surface area contributed by atoms with Crippen molar-refractivity contribution in [2.75, 3.05) is 5.32 Å². The smallest absolute Gasteiger partial charge is 0.387 e. The van der Waals surface area contributed by atoms with E-state index in [-0.39, 0.29) is 5.75 Å². The molecule has 0 amide bonds. The Morgan fingerprint density at radius 2 is 1.96 bits per heavy atom. The van der Waals surface area contributed by atoms with Gasteiger partial charge in [0.05, 0.1) is 11.1 Å². The number of halogens is 3. The number of rotatable bonds is 6. The maximum absolute atomic E-state index is 14.4. The van der Waals surface area contributed by atoms with Crippen molar-refractivity contribution in [3.8, 4) is 17.1 Å². The Morgan fingerprint density at radius 3 is 2.54 bits per heavy atom. The van der Waals surface area contributed by atoms with Gasteiger partial charge in [-0.3, -0.25) is 0 Å². The topological polar surface area (TPSA) is 102 Å². The van der Waals surface area contributed by atoms with Crippen molar-refractivity contribution >= 4 is 5.95 Å². The van der Waals surface area contributed by atoms with Gasteiger partial charge >= 0.3 is 6.61 Å². The first-order chi connectivity index (χ1) is 12.6. The summed E-state index contributed by atoms with van der Waals surface area (Å²) in [5.74, 6) is -0.185. The molecule has 8 nitrogen and oxygen atoms in total. The van der Waals surface area contributed by atoms with E-state index in [9.17, 15) is 13.2 Å². The van der Waals surface area contributed by atoms with Crippen LogP contribution < -0.4 is 10.1 Å². The number of aromatic nitrogens is 6.